The third-order valence-corrected chi connectivity index (χ3v) is 3.21. The molecule has 2 atom stereocenters. The predicted molar refractivity (Wildman–Crippen MR) is 51.3 cm³/mol. The fourth-order valence-corrected chi connectivity index (χ4v) is 2.43. The van der Waals surface area contributed by atoms with Gasteiger partial charge in [0.15, 0.2) is 0 Å². The van der Waals surface area contributed by atoms with Gasteiger partial charge in [0.25, 0.3) is 0 Å². The zero-order chi connectivity index (χ0) is 9.26. The van der Waals surface area contributed by atoms with Gasteiger partial charge >= 0.3 is 0 Å². The largest absolute Gasteiger partial charge is 0.342 e. The first-order valence-corrected chi connectivity index (χ1v) is 5.29. The van der Waals surface area contributed by atoms with E-state index in [0.29, 0.717) is 5.91 Å². The molecule has 0 radical (unpaired) electrons. The van der Waals surface area contributed by atoms with Gasteiger partial charge in [-0.05, 0) is 18.3 Å². The number of nitrogens with one attached hydrogen (secondary N) is 1. The Balaban J connectivity index is 1.87. The van der Waals surface area contributed by atoms with E-state index < -0.39 is 0 Å². The van der Waals surface area contributed by atoms with Crippen molar-refractivity contribution >= 4 is 5.91 Å². The van der Waals surface area contributed by atoms with Crippen LogP contribution in [0.4, 0.5) is 0 Å². The Morgan fingerprint density at radius 1 is 1.38 bits per heavy atom. The van der Waals surface area contributed by atoms with E-state index in [4.69, 9.17) is 0 Å². The molecule has 1 N–H and O–H groups in total. The molecule has 2 fully saturated rings. The third kappa shape index (κ3) is 1.70. The molecule has 0 saturated carbocycles. The van der Waals surface area contributed by atoms with Gasteiger partial charge in [0.05, 0.1) is 0 Å². The maximum atomic E-state index is 11.6. The van der Waals surface area contributed by atoms with Gasteiger partial charge in [0.1, 0.15) is 0 Å². The summed E-state index contributed by atoms with van der Waals surface area (Å²) >= 11 is 0. The fourth-order valence-electron chi connectivity index (χ4n) is 2.43. The van der Waals surface area contributed by atoms with Crippen molar-refractivity contribution in [1.29, 1.82) is 0 Å². The molecule has 0 spiro atoms. The van der Waals surface area contributed by atoms with Crippen molar-refractivity contribution in [2.24, 2.45) is 11.8 Å². The molecule has 0 aromatic rings. The van der Waals surface area contributed by atoms with Crippen molar-refractivity contribution in [3.05, 3.63) is 0 Å². The van der Waals surface area contributed by atoms with E-state index in [1.54, 1.807) is 0 Å². The van der Waals surface area contributed by atoms with E-state index >= 15 is 0 Å². The van der Waals surface area contributed by atoms with Gasteiger partial charge in [0, 0.05) is 32.6 Å². The van der Waals surface area contributed by atoms with E-state index in [0.717, 1.165) is 50.9 Å². The molecule has 2 saturated heterocycles. The molecule has 1 amide bonds. The zero-order valence-corrected chi connectivity index (χ0v) is 8.25. The lowest BCUT2D eigenvalue weighted by Gasteiger charge is -2.16. The average molecular weight is 182 g/mol. The Kier molecular flexibility index (Phi) is 2.54. The van der Waals surface area contributed by atoms with E-state index in [1.165, 1.54) is 0 Å². The Morgan fingerprint density at radius 3 is 2.54 bits per heavy atom. The van der Waals surface area contributed by atoms with Crippen molar-refractivity contribution in [2.75, 3.05) is 26.2 Å². The van der Waals surface area contributed by atoms with Crippen LogP contribution < -0.4 is 5.32 Å². The van der Waals surface area contributed by atoms with Crippen LogP contribution in [0.1, 0.15) is 19.8 Å². The number of amides is 1. The molecule has 0 aromatic carbocycles. The summed E-state index contributed by atoms with van der Waals surface area (Å²) in [6, 6.07) is 0. The monoisotopic (exact) mass is 182 g/mol. The highest BCUT2D eigenvalue weighted by molar-refractivity contribution is 5.76. The van der Waals surface area contributed by atoms with Crippen LogP contribution in [0.2, 0.25) is 0 Å². The number of likely N-dealkylation sites (tertiary alicyclic amines) is 1. The first-order chi connectivity index (χ1) is 6.31. The molecule has 0 unspecified atom stereocenters. The summed E-state index contributed by atoms with van der Waals surface area (Å²) in [7, 11) is 0. The van der Waals surface area contributed by atoms with E-state index in [1.807, 2.05) is 0 Å². The molecule has 3 heteroatoms. The summed E-state index contributed by atoms with van der Waals surface area (Å²) in [5, 5.41) is 3.38. The van der Waals surface area contributed by atoms with Crippen molar-refractivity contribution in [3.63, 3.8) is 0 Å². The van der Waals surface area contributed by atoms with Crippen molar-refractivity contribution in [2.45, 2.75) is 19.8 Å². The van der Waals surface area contributed by atoms with Crippen LogP contribution in [0, 0.1) is 11.8 Å². The van der Waals surface area contributed by atoms with Crippen LogP contribution in [-0.4, -0.2) is 37.0 Å². The smallest absolute Gasteiger partial charge is 0.222 e. The second-order valence-corrected chi connectivity index (χ2v) is 4.23. The lowest BCUT2D eigenvalue weighted by Crippen LogP contribution is -2.31. The van der Waals surface area contributed by atoms with E-state index in [2.05, 4.69) is 17.1 Å². The standard InChI is InChI=1S/C10H18N2O/c1-2-3-10(13)12-6-8-4-11-5-9(8)7-12/h8-9,11H,2-7H2,1H3/t8-,9+. The minimum absolute atomic E-state index is 0.358. The van der Waals surface area contributed by atoms with Crippen molar-refractivity contribution < 1.29 is 4.79 Å². The fraction of sp³-hybridized carbons (Fsp3) is 0.900. The Labute approximate surface area is 79.5 Å². The average Bonchev–Trinajstić information content (AvgIpc) is 2.61. The SMILES string of the molecule is CCCC(=O)N1C[C@H]2CNC[C@H]2C1. The molecule has 74 valence electrons. The van der Waals surface area contributed by atoms with Crippen LogP contribution in [0.3, 0.4) is 0 Å². The van der Waals surface area contributed by atoms with Crippen LogP contribution in [-0.2, 0) is 4.79 Å². The van der Waals surface area contributed by atoms with Crippen molar-refractivity contribution in [1.82, 2.24) is 10.2 Å². The predicted octanol–water partition coefficient (Wildman–Crippen LogP) is 0.464. The summed E-state index contributed by atoms with van der Waals surface area (Å²) in [6.07, 6.45) is 1.70. The second-order valence-electron chi connectivity index (χ2n) is 4.23. The second kappa shape index (κ2) is 3.66. The number of carbonyl (C=O) groups is 1. The molecule has 2 aliphatic heterocycles. The van der Waals surface area contributed by atoms with Crippen LogP contribution in [0.15, 0.2) is 0 Å². The van der Waals surface area contributed by atoms with Gasteiger partial charge in [-0.2, -0.15) is 0 Å². The zero-order valence-electron chi connectivity index (χ0n) is 8.25. The van der Waals surface area contributed by atoms with Gasteiger partial charge < -0.3 is 10.2 Å². The minimum Gasteiger partial charge on any atom is -0.342 e. The van der Waals surface area contributed by atoms with Gasteiger partial charge in [-0.15, -0.1) is 0 Å². The molecule has 2 heterocycles. The molecule has 2 aliphatic rings. The summed E-state index contributed by atoms with van der Waals surface area (Å²) in [5.74, 6) is 1.83. The summed E-state index contributed by atoms with van der Waals surface area (Å²) in [6.45, 7) is 6.28. The highest BCUT2D eigenvalue weighted by atomic mass is 16.2. The number of hydrogen-bond acceptors (Lipinski definition) is 2. The summed E-state index contributed by atoms with van der Waals surface area (Å²) < 4.78 is 0. The number of fused-ring (bicyclic) bond motifs is 1. The van der Waals surface area contributed by atoms with Gasteiger partial charge in [-0.3, -0.25) is 4.79 Å². The van der Waals surface area contributed by atoms with Gasteiger partial charge in [-0.1, -0.05) is 6.92 Å². The molecule has 0 aromatic heterocycles. The molecule has 2 rings (SSSR count). The quantitative estimate of drug-likeness (QED) is 0.673. The first-order valence-electron chi connectivity index (χ1n) is 5.29. The number of nitrogens with zero attached hydrogens (tertiary/aromatic N) is 1. The lowest BCUT2D eigenvalue weighted by atomic mass is 10.0. The summed E-state index contributed by atoms with van der Waals surface area (Å²) in [5.41, 5.74) is 0. The Hall–Kier alpha value is -0.570. The highest BCUT2D eigenvalue weighted by Crippen LogP contribution is 2.26. The Bertz CT molecular complexity index is 193. The van der Waals surface area contributed by atoms with Crippen LogP contribution in [0.5, 0.6) is 0 Å². The molecular formula is C10H18N2O. The van der Waals surface area contributed by atoms with Gasteiger partial charge in [-0.25, -0.2) is 0 Å². The number of rotatable bonds is 2. The van der Waals surface area contributed by atoms with Crippen LogP contribution in [0.25, 0.3) is 0 Å². The number of hydrogen-bond donors (Lipinski definition) is 1. The van der Waals surface area contributed by atoms with Crippen LogP contribution >= 0.6 is 0 Å². The van der Waals surface area contributed by atoms with Crippen molar-refractivity contribution in [3.8, 4) is 0 Å². The molecule has 0 aliphatic carbocycles. The van der Waals surface area contributed by atoms with E-state index in [9.17, 15) is 4.79 Å². The van der Waals surface area contributed by atoms with E-state index in [-0.39, 0.29) is 0 Å². The molecule has 3 nitrogen and oxygen atoms in total. The maximum absolute atomic E-state index is 11.6. The van der Waals surface area contributed by atoms with Gasteiger partial charge in [0.2, 0.25) is 5.91 Å². The molecular weight excluding hydrogens is 164 g/mol. The molecule has 13 heavy (non-hydrogen) atoms. The normalized spacial score (nSPS) is 32.2. The maximum Gasteiger partial charge on any atom is 0.222 e. The Morgan fingerprint density at radius 2 is 2.00 bits per heavy atom. The lowest BCUT2D eigenvalue weighted by molar-refractivity contribution is -0.130. The first kappa shape index (κ1) is 9.00. The number of carbonyl (C=O) groups excluding carboxylic acids is 1. The third-order valence-electron chi connectivity index (χ3n) is 3.21. The molecule has 0 bridgehead atoms. The topological polar surface area (TPSA) is 32.3 Å². The minimum atomic E-state index is 0.358. The summed E-state index contributed by atoms with van der Waals surface area (Å²) in [4.78, 5) is 13.6. The highest BCUT2D eigenvalue weighted by Gasteiger charge is 2.37.